The minimum atomic E-state index is -0.760. The fourth-order valence-corrected chi connectivity index (χ4v) is 3.03. The molecule has 1 aliphatic heterocycles. The number of nitrogens with zero attached hydrogens (tertiary/aromatic N) is 2. The first-order valence-electron chi connectivity index (χ1n) is 8.20. The van der Waals surface area contributed by atoms with Crippen molar-refractivity contribution >= 4 is 29.0 Å². The number of hydrogen-bond donors (Lipinski definition) is 4. The van der Waals surface area contributed by atoms with Gasteiger partial charge in [0.15, 0.2) is 0 Å². The fraction of sp³-hybridized carbons (Fsp3) is 0.471. The van der Waals surface area contributed by atoms with Gasteiger partial charge < -0.3 is 21.1 Å². The number of likely N-dealkylation sites (tertiary alicyclic amines) is 1. The van der Waals surface area contributed by atoms with Gasteiger partial charge in [-0.15, -0.1) is 0 Å². The predicted octanol–water partition coefficient (Wildman–Crippen LogP) is -2.28. The van der Waals surface area contributed by atoms with Gasteiger partial charge >= 0.3 is 0 Å². The Morgan fingerprint density at radius 1 is 1.50 bits per heavy atom. The number of ketones is 1. The molecule has 9 heteroatoms. The van der Waals surface area contributed by atoms with Gasteiger partial charge in [0.1, 0.15) is 6.04 Å². The molecule has 6 N–H and O–H groups in total. The average molecular weight is 362 g/mol. The van der Waals surface area contributed by atoms with E-state index < -0.39 is 17.4 Å². The van der Waals surface area contributed by atoms with Gasteiger partial charge in [-0.3, -0.25) is 24.8 Å². The molecule has 1 fully saturated rings. The molecule has 1 saturated heterocycles. The lowest BCUT2D eigenvalue weighted by molar-refractivity contribution is -0.136. The van der Waals surface area contributed by atoms with Crippen LogP contribution >= 0.6 is 0 Å². The van der Waals surface area contributed by atoms with Crippen LogP contribution < -0.4 is 16.5 Å². The van der Waals surface area contributed by atoms with E-state index in [-0.39, 0.29) is 37.1 Å². The molecular formula is C17H24N5O4+. The second kappa shape index (κ2) is 7.61. The molecular weight excluding hydrogens is 338 g/mol. The monoisotopic (exact) mass is 362 g/mol. The van der Waals surface area contributed by atoms with Crippen LogP contribution in [0.2, 0.25) is 0 Å². The van der Waals surface area contributed by atoms with E-state index in [1.165, 1.54) is 24.2 Å². The van der Waals surface area contributed by atoms with Crippen LogP contribution in [0, 0.1) is 5.41 Å². The Balaban J connectivity index is 2.13. The smallest absolute Gasteiger partial charge is 0.249 e. The lowest BCUT2D eigenvalue weighted by Crippen LogP contribution is -2.46. The molecule has 140 valence electrons. The summed E-state index contributed by atoms with van der Waals surface area (Å²) in [7, 11) is 0. The normalized spacial score (nSPS) is 22.1. The van der Waals surface area contributed by atoms with Crippen LogP contribution in [0.15, 0.2) is 18.5 Å². The van der Waals surface area contributed by atoms with Crippen LogP contribution in [0.5, 0.6) is 0 Å². The Morgan fingerprint density at radius 2 is 2.19 bits per heavy atom. The third-order valence-electron chi connectivity index (χ3n) is 4.57. The molecule has 1 aromatic rings. The highest BCUT2D eigenvalue weighted by Crippen LogP contribution is 2.34. The number of carbonyl (C=O) groups excluding carboxylic acids is 3. The lowest BCUT2D eigenvalue weighted by Gasteiger charge is -2.24. The molecule has 1 unspecified atom stereocenters. The molecule has 0 saturated carbocycles. The summed E-state index contributed by atoms with van der Waals surface area (Å²) in [5.41, 5.74) is 5.79. The minimum Gasteiger partial charge on any atom is -0.396 e. The van der Waals surface area contributed by atoms with Crippen LogP contribution in [0.1, 0.15) is 25.8 Å². The van der Waals surface area contributed by atoms with Crippen molar-refractivity contribution in [2.75, 3.05) is 25.0 Å². The van der Waals surface area contributed by atoms with Gasteiger partial charge in [0.2, 0.25) is 23.3 Å². The van der Waals surface area contributed by atoms with E-state index in [1.807, 2.05) is 0 Å². The highest BCUT2D eigenvalue weighted by atomic mass is 16.3. The highest BCUT2D eigenvalue weighted by Gasteiger charge is 2.44. The molecule has 9 nitrogen and oxygen atoms in total. The molecule has 2 heterocycles. The zero-order chi connectivity index (χ0) is 19.5. The summed E-state index contributed by atoms with van der Waals surface area (Å²) in [6.45, 7) is 3.10. The number of aliphatic hydroxyl groups is 1. The summed E-state index contributed by atoms with van der Waals surface area (Å²) in [6.07, 6.45) is 3.27. The molecule has 2 amide bonds. The van der Waals surface area contributed by atoms with E-state index in [1.54, 1.807) is 13.0 Å². The van der Waals surface area contributed by atoms with Gasteiger partial charge in [-0.2, -0.15) is 0 Å². The summed E-state index contributed by atoms with van der Waals surface area (Å²) in [5, 5.41) is 18.2. The topological polar surface area (TPSA) is 151 Å². The van der Waals surface area contributed by atoms with Gasteiger partial charge in [0.05, 0.1) is 30.6 Å². The Kier molecular flexibility index (Phi) is 5.71. The number of hydrogen-bond acceptors (Lipinski definition) is 6. The second-order valence-electron chi connectivity index (χ2n) is 6.86. The third-order valence-corrected chi connectivity index (χ3v) is 4.57. The number of nitrogens with two attached hydrogens (primary N) is 2. The first-order valence-corrected chi connectivity index (χ1v) is 8.20. The number of Topliss-reactive ketones (excluding diaryl/α,β-unsaturated/α-hetero) is 1. The van der Waals surface area contributed by atoms with Gasteiger partial charge in [0, 0.05) is 25.1 Å². The molecule has 0 radical (unpaired) electrons. The predicted molar refractivity (Wildman–Crippen MR) is 93.9 cm³/mol. The molecule has 2 rings (SSSR count). The van der Waals surface area contributed by atoms with Crippen LogP contribution in [-0.2, 0) is 14.4 Å². The molecule has 0 aromatic carbocycles. The summed E-state index contributed by atoms with van der Waals surface area (Å²) < 4.78 is 0. The number of carbonyl (C=O) groups is 3. The minimum absolute atomic E-state index is 0.0615. The first kappa shape index (κ1) is 19.5. The van der Waals surface area contributed by atoms with Crippen LogP contribution in [-0.4, -0.2) is 64.0 Å². The number of aliphatic hydroxyl groups excluding tert-OH is 1. The van der Waals surface area contributed by atoms with Crippen molar-refractivity contribution in [2.45, 2.75) is 26.3 Å². The Labute approximate surface area is 151 Å². The lowest BCUT2D eigenvalue weighted by atomic mass is 9.89. The van der Waals surface area contributed by atoms with E-state index in [0.717, 1.165) is 0 Å². The van der Waals surface area contributed by atoms with E-state index in [9.17, 15) is 19.5 Å². The highest BCUT2D eigenvalue weighted by molar-refractivity contribution is 6.43. The Morgan fingerprint density at radius 3 is 2.77 bits per heavy atom. The van der Waals surface area contributed by atoms with Crippen molar-refractivity contribution in [3.05, 3.63) is 24.0 Å². The Hall–Kier alpha value is -2.81. The van der Waals surface area contributed by atoms with Crippen LogP contribution in [0.25, 0.3) is 0 Å². The first-order chi connectivity index (χ1) is 12.2. The number of primary amides is 1. The van der Waals surface area contributed by atoms with Gasteiger partial charge in [-0.05, 0) is 12.5 Å². The molecule has 1 aliphatic rings. The van der Waals surface area contributed by atoms with Gasteiger partial charge in [0.25, 0.3) is 0 Å². The van der Waals surface area contributed by atoms with E-state index >= 15 is 0 Å². The summed E-state index contributed by atoms with van der Waals surface area (Å²) >= 11 is 0. The zero-order valence-electron chi connectivity index (χ0n) is 14.9. The maximum atomic E-state index is 12.6. The van der Waals surface area contributed by atoms with Crippen molar-refractivity contribution in [1.82, 2.24) is 9.88 Å². The van der Waals surface area contributed by atoms with Gasteiger partial charge in [-0.1, -0.05) is 6.92 Å². The van der Waals surface area contributed by atoms with Crippen molar-refractivity contribution < 1.29 is 24.9 Å². The van der Waals surface area contributed by atoms with Crippen molar-refractivity contribution in [3.8, 4) is 0 Å². The SMILES string of the molecule is CC(=O)C(=[NH2+])c1ccncc1NCC(=O)N1C[C@@](C)(CO)CC1C(N)=O. The van der Waals surface area contributed by atoms with E-state index in [0.29, 0.717) is 17.7 Å². The second-order valence-corrected chi connectivity index (χ2v) is 6.86. The van der Waals surface area contributed by atoms with Crippen molar-refractivity contribution in [2.24, 2.45) is 11.1 Å². The number of pyridine rings is 1. The number of amides is 2. The quantitative estimate of drug-likeness (QED) is 0.401. The molecule has 1 aromatic heterocycles. The number of anilines is 1. The zero-order valence-corrected chi connectivity index (χ0v) is 14.9. The van der Waals surface area contributed by atoms with Crippen LogP contribution in [0.3, 0.4) is 0 Å². The van der Waals surface area contributed by atoms with Crippen molar-refractivity contribution in [3.63, 3.8) is 0 Å². The molecule has 26 heavy (non-hydrogen) atoms. The molecule has 0 spiro atoms. The van der Waals surface area contributed by atoms with Gasteiger partial charge in [-0.25, -0.2) is 0 Å². The van der Waals surface area contributed by atoms with E-state index in [2.05, 4.69) is 10.3 Å². The molecule has 2 atom stereocenters. The maximum Gasteiger partial charge on any atom is 0.249 e. The average Bonchev–Trinajstić information content (AvgIpc) is 2.98. The fourth-order valence-electron chi connectivity index (χ4n) is 3.03. The molecule has 0 bridgehead atoms. The van der Waals surface area contributed by atoms with E-state index in [4.69, 9.17) is 11.1 Å². The third kappa shape index (κ3) is 4.05. The maximum absolute atomic E-state index is 12.6. The van der Waals surface area contributed by atoms with Crippen LogP contribution in [0.4, 0.5) is 5.69 Å². The van der Waals surface area contributed by atoms with Crippen molar-refractivity contribution in [1.29, 1.82) is 0 Å². The summed E-state index contributed by atoms with van der Waals surface area (Å²) in [5.74, 6) is -1.24. The summed E-state index contributed by atoms with van der Waals surface area (Å²) in [6, 6.07) is 0.817. The number of nitrogens with one attached hydrogen (secondary N) is 1. The largest absolute Gasteiger partial charge is 0.396 e. The standard InChI is InChI=1S/C17H23N5O4/c1-10(24)15(18)11-3-4-20-6-12(11)21-7-14(25)22-8-17(2,9-23)5-13(22)16(19)26/h3-4,6,13,18,21,23H,5,7-9H2,1-2H3,(H2,19,26)/p+1/t13?,17-/m0/s1. The summed E-state index contributed by atoms with van der Waals surface area (Å²) in [4.78, 5) is 41.1. The molecule has 0 aliphatic carbocycles. The Bertz CT molecular complexity index is 750. The number of rotatable bonds is 7. The number of aromatic nitrogens is 1.